The van der Waals surface area contributed by atoms with Crippen LogP contribution >= 0.6 is 0 Å². The predicted molar refractivity (Wildman–Crippen MR) is 106 cm³/mol. The van der Waals surface area contributed by atoms with Gasteiger partial charge in [-0.3, -0.25) is 14.9 Å². The van der Waals surface area contributed by atoms with Crippen molar-refractivity contribution < 1.29 is 33.7 Å². The molecule has 1 aliphatic carbocycles. The van der Waals surface area contributed by atoms with E-state index in [1.54, 1.807) is 0 Å². The van der Waals surface area contributed by atoms with Gasteiger partial charge in [0.2, 0.25) is 5.79 Å². The van der Waals surface area contributed by atoms with Crippen molar-refractivity contribution in [2.24, 2.45) is 17.8 Å². The zero-order valence-corrected chi connectivity index (χ0v) is 17.9. The second-order valence-corrected chi connectivity index (χ2v) is 9.69. The van der Waals surface area contributed by atoms with Crippen molar-refractivity contribution in [2.45, 2.75) is 76.2 Å². The zero-order chi connectivity index (χ0) is 22.0. The molecular weight excluding hydrogens is 406 g/mol. The van der Waals surface area contributed by atoms with E-state index in [9.17, 15) is 14.9 Å². The fourth-order valence-electron chi connectivity index (χ4n) is 6.06. The molecule has 1 spiro atoms. The van der Waals surface area contributed by atoms with Gasteiger partial charge in [0.25, 0.3) is 5.69 Å². The number of carbonyl (C=O) groups is 1. The SMILES string of the molecule is C[C@@H]1CC[C@@H]2[C@]34OO[C@@](C)(CCC13)O[C@H]4O[C@]2(C)CC(=O)Oc1ccc([N+](=O)[O-])cc1. The van der Waals surface area contributed by atoms with E-state index in [0.29, 0.717) is 5.92 Å². The van der Waals surface area contributed by atoms with Crippen molar-refractivity contribution in [3.05, 3.63) is 34.4 Å². The van der Waals surface area contributed by atoms with Crippen LogP contribution in [0, 0.1) is 27.9 Å². The highest BCUT2D eigenvalue weighted by atomic mass is 17.3. The van der Waals surface area contributed by atoms with Crippen LogP contribution in [0.5, 0.6) is 5.75 Å². The summed E-state index contributed by atoms with van der Waals surface area (Å²) in [6.07, 6.45) is 2.90. The molecule has 7 atom stereocenters. The Balaban J connectivity index is 1.38. The number of hydrogen-bond acceptors (Lipinski definition) is 8. The summed E-state index contributed by atoms with van der Waals surface area (Å²) in [6, 6.07) is 5.44. The fraction of sp³-hybridized carbons (Fsp3) is 0.682. The van der Waals surface area contributed by atoms with Gasteiger partial charge in [0.1, 0.15) is 5.75 Å². The summed E-state index contributed by atoms with van der Waals surface area (Å²) in [5.74, 6) is -0.511. The van der Waals surface area contributed by atoms with Crippen molar-refractivity contribution in [1.29, 1.82) is 0 Å². The highest BCUT2D eigenvalue weighted by Gasteiger charge is 2.74. The first-order valence-corrected chi connectivity index (χ1v) is 10.8. The Labute approximate surface area is 180 Å². The highest BCUT2D eigenvalue weighted by molar-refractivity contribution is 5.73. The quantitative estimate of drug-likeness (QED) is 0.231. The minimum Gasteiger partial charge on any atom is -0.426 e. The second-order valence-electron chi connectivity index (χ2n) is 9.69. The minimum absolute atomic E-state index is 0.0113. The lowest BCUT2D eigenvalue weighted by molar-refractivity contribution is -0.541. The number of nitro groups is 1. The largest absolute Gasteiger partial charge is 0.426 e. The monoisotopic (exact) mass is 433 g/mol. The van der Waals surface area contributed by atoms with Crippen molar-refractivity contribution in [2.75, 3.05) is 0 Å². The number of rotatable bonds is 4. The van der Waals surface area contributed by atoms with E-state index in [1.165, 1.54) is 24.3 Å². The van der Waals surface area contributed by atoms with E-state index in [1.807, 2.05) is 13.8 Å². The molecule has 1 unspecified atom stereocenters. The molecule has 168 valence electrons. The lowest BCUT2D eigenvalue weighted by Gasteiger charge is -2.50. The molecule has 0 amide bonds. The number of hydrogen-bond donors (Lipinski definition) is 0. The first kappa shape index (κ1) is 20.8. The number of ether oxygens (including phenoxy) is 3. The van der Waals surface area contributed by atoms with Crippen LogP contribution in [0.1, 0.15) is 52.9 Å². The van der Waals surface area contributed by atoms with E-state index in [4.69, 9.17) is 24.0 Å². The number of benzene rings is 1. The summed E-state index contributed by atoms with van der Waals surface area (Å²) in [6.45, 7) is 6.00. The number of non-ortho nitro benzene ring substituents is 1. The van der Waals surface area contributed by atoms with Crippen LogP contribution in [0.3, 0.4) is 0 Å². The van der Waals surface area contributed by atoms with Gasteiger partial charge in [-0.1, -0.05) is 6.92 Å². The third-order valence-electron chi connectivity index (χ3n) is 7.61. The van der Waals surface area contributed by atoms with E-state index in [0.717, 1.165) is 25.7 Å². The first-order chi connectivity index (χ1) is 14.7. The summed E-state index contributed by atoms with van der Waals surface area (Å²) < 4.78 is 18.1. The number of fused-ring (bicyclic) bond motifs is 2. The predicted octanol–water partition coefficient (Wildman–Crippen LogP) is 3.89. The molecule has 5 aliphatic rings. The zero-order valence-electron chi connectivity index (χ0n) is 17.9. The Morgan fingerprint density at radius 3 is 2.61 bits per heavy atom. The van der Waals surface area contributed by atoms with Gasteiger partial charge in [-0.15, -0.1) is 0 Å². The van der Waals surface area contributed by atoms with Crippen LogP contribution in [-0.2, 0) is 24.0 Å². The average Bonchev–Trinajstić information content (AvgIpc) is 2.79. The molecule has 0 aromatic heterocycles. The summed E-state index contributed by atoms with van der Waals surface area (Å²) in [4.78, 5) is 35.0. The molecule has 4 heterocycles. The van der Waals surface area contributed by atoms with Crippen LogP contribution in [-0.4, -0.2) is 34.2 Å². The molecule has 0 radical (unpaired) electrons. The van der Waals surface area contributed by atoms with Crippen LogP contribution in [0.2, 0.25) is 0 Å². The second kappa shape index (κ2) is 6.96. The van der Waals surface area contributed by atoms with Gasteiger partial charge >= 0.3 is 5.97 Å². The van der Waals surface area contributed by atoms with Gasteiger partial charge in [0, 0.05) is 24.5 Å². The summed E-state index contributed by atoms with van der Waals surface area (Å²) in [5.41, 5.74) is -1.64. The molecule has 4 aliphatic heterocycles. The summed E-state index contributed by atoms with van der Waals surface area (Å²) in [5, 5.41) is 10.8. The molecule has 4 saturated heterocycles. The minimum atomic E-state index is -0.859. The molecule has 1 aromatic carbocycles. The molecular formula is C22H27NO8. The molecule has 2 bridgehead atoms. The van der Waals surface area contributed by atoms with Crippen LogP contribution in [0.15, 0.2) is 24.3 Å². The summed E-state index contributed by atoms with van der Waals surface area (Å²) in [7, 11) is 0. The van der Waals surface area contributed by atoms with Crippen LogP contribution < -0.4 is 4.74 Å². The number of esters is 1. The van der Waals surface area contributed by atoms with Crippen LogP contribution in [0.4, 0.5) is 5.69 Å². The molecule has 0 N–H and O–H groups in total. The van der Waals surface area contributed by atoms with Crippen molar-refractivity contribution >= 4 is 11.7 Å². The number of nitrogens with zero attached hydrogens (tertiary/aromatic N) is 1. The topological polar surface area (TPSA) is 106 Å². The lowest BCUT2D eigenvalue weighted by Crippen LogP contribution is -2.61. The molecule has 9 nitrogen and oxygen atoms in total. The fourth-order valence-corrected chi connectivity index (χ4v) is 6.06. The van der Waals surface area contributed by atoms with Crippen LogP contribution in [0.25, 0.3) is 0 Å². The number of nitro benzene ring substituents is 1. The van der Waals surface area contributed by atoms with Crippen molar-refractivity contribution in [1.82, 2.24) is 0 Å². The Hall–Kier alpha value is -2.07. The van der Waals surface area contributed by atoms with E-state index in [-0.39, 0.29) is 29.7 Å². The molecule has 6 rings (SSSR count). The van der Waals surface area contributed by atoms with Gasteiger partial charge in [-0.05, 0) is 57.1 Å². The Kier molecular flexibility index (Phi) is 4.68. The van der Waals surface area contributed by atoms with Crippen molar-refractivity contribution in [3.8, 4) is 5.75 Å². The highest BCUT2D eigenvalue weighted by Crippen LogP contribution is 2.63. The first-order valence-electron chi connectivity index (χ1n) is 10.8. The van der Waals surface area contributed by atoms with E-state index >= 15 is 0 Å². The maximum Gasteiger partial charge on any atom is 0.314 e. The van der Waals surface area contributed by atoms with Gasteiger partial charge in [0.15, 0.2) is 11.9 Å². The average molecular weight is 433 g/mol. The van der Waals surface area contributed by atoms with Gasteiger partial charge in [-0.2, -0.15) is 0 Å². The summed E-state index contributed by atoms with van der Waals surface area (Å²) >= 11 is 0. The Morgan fingerprint density at radius 1 is 1.16 bits per heavy atom. The molecule has 9 heteroatoms. The maximum atomic E-state index is 12.8. The Morgan fingerprint density at radius 2 is 1.90 bits per heavy atom. The van der Waals surface area contributed by atoms with Gasteiger partial charge in [-0.25, -0.2) is 9.78 Å². The molecule has 5 fully saturated rings. The molecule has 1 aromatic rings. The van der Waals surface area contributed by atoms with Gasteiger partial charge in [0.05, 0.1) is 16.9 Å². The smallest absolute Gasteiger partial charge is 0.314 e. The lowest BCUT2D eigenvalue weighted by atomic mass is 9.59. The Bertz CT molecular complexity index is 905. The number of carbonyl (C=O) groups excluding carboxylic acids is 1. The maximum absolute atomic E-state index is 12.8. The van der Waals surface area contributed by atoms with E-state index in [2.05, 4.69) is 6.92 Å². The van der Waals surface area contributed by atoms with E-state index < -0.39 is 34.2 Å². The van der Waals surface area contributed by atoms with Crippen molar-refractivity contribution in [3.63, 3.8) is 0 Å². The molecule has 1 saturated carbocycles. The standard InChI is InChI=1S/C22H27NO8/c1-13-4-9-17-20(2,12-18(24)27-15-7-5-14(6-8-15)23(25)26)28-19-22(17)16(13)10-11-21(3,29-19)30-31-22/h5-8,13,16-17,19H,4,9-12H2,1-3H3/t13-,16?,17+,19-,20-,21+,22-/m1/s1. The molecule has 31 heavy (non-hydrogen) atoms. The van der Waals surface area contributed by atoms with Gasteiger partial charge < -0.3 is 14.2 Å². The third kappa shape index (κ3) is 3.17. The normalized spacial score (nSPS) is 43.2. The third-order valence-corrected chi connectivity index (χ3v) is 7.61.